The molecular formula is C22H25N7OS. The number of benzene rings is 1. The zero-order chi connectivity index (χ0) is 21.4. The summed E-state index contributed by atoms with van der Waals surface area (Å²) < 4.78 is 3.45. The summed E-state index contributed by atoms with van der Waals surface area (Å²) in [6.07, 6.45) is 5.27. The van der Waals surface area contributed by atoms with Crippen LogP contribution >= 0.6 is 11.3 Å². The number of hydrogen-bond donors (Lipinski definition) is 1. The van der Waals surface area contributed by atoms with Crippen molar-refractivity contribution in [2.45, 2.75) is 39.7 Å². The van der Waals surface area contributed by atoms with Crippen LogP contribution in [0.4, 0.5) is 10.9 Å². The molecule has 0 spiro atoms. The zero-order valence-corrected chi connectivity index (χ0v) is 18.5. The number of carbonyl (C=O) groups excluding carboxylic acids is 1. The average molecular weight is 436 g/mol. The number of nitrogens with zero attached hydrogens (tertiary/aromatic N) is 6. The van der Waals surface area contributed by atoms with Crippen molar-refractivity contribution in [3.63, 3.8) is 0 Å². The molecule has 1 fully saturated rings. The molecule has 0 atom stereocenters. The van der Waals surface area contributed by atoms with Crippen molar-refractivity contribution in [2.24, 2.45) is 0 Å². The summed E-state index contributed by atoms with van der Waals surface area (Å²) in [5.74, 6) is 0.370. The van der Waals surface area contributed by atoms with Crippen molar-refractivity contribution in [2.75, 3.05) is 23.3 Å². The highest BCUT2D eigenvalue weighted by Gasteiger charge is 2.24. The van der Waals surface area contributed by atoms with E-state index in [-0.39, 0.29) is 5.91 Å². The number of rotatable bonds is 5. The second-order valence-corrected chi connectivity index (χ2v) is 8.72. The molecule has 1 amide bonds. The molecule has 4 heterocycles. The molecule has 8 nitrogen and oxygen atoms in total. The fraction of sp³-hybridized carbons (Fsp3) is 0.364. The van der Waals surface area contributed by atoms with Gasteiger partial charge in [-0.05, 0) is 39.2 Å². The largest absolute Gasteiger partial charge is 0.347 e. The first kappa shape index (κ1) is 19.7. The van der Waals surface area contributed by atoms with E-state index < -0.39 is 0 Å². The molecule has 0 unspecified atom stereocenters. The van der Waals surface area contributed by atoms with E-state index >= 15 is 0 Å². The van der Waals surface area contributed by atoms with Crippen LogP contribution in [0.25, 0.3) is 16.2 Å². The highest BCUT2D eigenvalue weighted by Crippen LogP contribution is 2.34. The lowest BCUT2D eigenvalue weighted by Crippen LogP contribution is -2.29. The third-order valence-corrected chi connectivity index (χ3v) is 6.59. The van der Waals surface area contributed by atoms with E-state index in [1.807, 2.05) is 31.2 Å². The molecule has 1 N–H and O–H groups in total. The van der Waals surface area contributed by atoms with Crippen molar-refractivity contribution < 1.29 is 4.79 Å². The van der Waals surface area contributed by atoms with Gasteiger partial charge in [-0.2, -0.15) is 9.61 Å². The monoisotopic (exact) mass is 435 g/mol. The fourth-order valence-corrected chi connectivity index (χ4v) is 4.88. The summed E-state index contributed by atoms with van der Waals surface area (Å²) in [5, 5.41) is 13.1. The van der Waals surface area contributed by atoms with Gasteiger partial charge in [0.2, 0.25) is 10.1 Å². The highest BCUT2D eigenvalue weighted by molar-refractivity contribution is 7.20. The lowest BCUT2D eigenvalue weighted by molar-refractivity contribution is 0.101. The SMILES string of the molecule is CCn1nccc1C(=O)Nc1c(-c2ccc(C)cc2)nc2sc(N3CCCCC3)nn12. The number of imidazole rings is 1. The van der Waals surface area contributed by atoms with Gasteiger partial charge in [0, 0.05) is 31.4 Å². The van der Waals surface area contributed by atoms with Crippen molar-refractivity contribution in [3.8, 4) is 11.3 Å². The third-order valence-electron chi connectivity index (χ3n) is 5.63. The number of nitrogens with one attached hydrogen (secondary N) is 1. The van der Waals surface area contributed by atoms with Gasteiger partial charge in [0.1, 0.15) is 11.4 Å². The number of aryl methyl sites for hydroxylation is 2. The Kier molecular flexibility index (Phi) is 5.19. The van der Waals surface area contributed by atoms with E-state index in [1.54, 1.807) is 32.8 Å². The van der Waals surface area contributed by atoms with E-state index in [1.165, 1.54) is 24.8 Å². The van der Waals surface area contributed by atoms with Gasteiger partial charge in [0.15, 0.2) is 5.82 Å². The number of amides is 1. The molecule has 0 saturated carbocycles. The average Bonchev–Trinajstić information content (AvgIpc) is 3.50. The van der Waals surface area contributed by atoms with E-state index in [0.29, 0.717) is 18.1 Å². The van der Waals surface area contributed by atoms with Crippen molar-refractivity contribution in [3.05, 3.63) is 47.8 Å². The summed E-state index contributed by atoms with van der Waals surface area (Å²) >= 11 is 1.57. The molecule has 1 aliphatic rings. The summed E-state index contributed by atoms with van der Waals surface area (Å²) in [7, 11) is 0. The zero-order valence-electron chi connectivity index (χ0n) is 17.7. The first-order chi connectivity index (χ1) is 15.1. The molecule has 0 aliphatic carbocycles. The van der Waals surface area contributed by atoms with E-state index in [0.717, 1.165) is 34.4 Å². The molecule has 1 aliphatic heterocycles. The topological polar surface area (TPSA) is 80.3 Å². The Bertz CT molecular complexity index is 1210. The molecule has 160 valence electrons. The summed E-state index contributed by atoms with van der Waals surface area (Å²) in [6.45, 7) is 6.66. The molecule has 31 heavy (non-hydrogen) atoms. The Morgan fingerprint density at radius 1 is 1.13 bits per heavy atom. The molecule has 5 rings (SSSR count). The first-order valence-electron chi connectivity index (χ1n) is 10.7. The summed E-state index contributed by atoms with van der Waals surface area (Å²) in [5.41, 5.74) is 3.36. The predicted molar refractivity (Wildman–Crippen MR) is 123 cm³/mol. The van der Waals surface area contributed by atoms with Gasteiger partial charge in [-0.25, -0.2) is 4.98 Å². The second kappa shape index (κ2) is 8.14. The lowest BCUT2D eigenvalue weighted by Gasteiger charge is -2.25. The van der Waals surface area contributed by atoms with E-state index in [2.05, 4.69) is 22.2 Å². The Balaban J connectivity index is 1.57. The lowest BCUT2D eigenvalue weighted by atomic mass is 10.1. The quantitative estimate of drug-likeness (QED) is 0.508. The predicted octanol–water partition coefficient (Wildman–Crippen LogP) is 4.23. The van der Waals surface area contributed by atoms with Crippen molar-refractivity contribution >= 4 is 33.2 Å². The van der Waals surface area contributed by atoms with Crippen LogP contribution in [-0.4, -0.2) is 43.4 Å². The molecule has 3 aromatic heterocycles. The van der Waals surface area contributed by atoms with Gasteiger partial charge < -0.3 is 10.2 Å². The van der Waals surface area contributed by atoms with Gasteiger partial charge in [-0.1, -0.05) is 41.2 Å². The van der Waals surface area contributed by atoms with Gasteiger partial charge in [-0.3, -0.25) is 9.48 Å². The maximum atomic E-state index is 13.1. The summed E-state index contributed by atoms with van der Waals surface area (Å²) in [6, 6.07) is 9.88. The van der Waals surface area contributed by atoms with E-state index in [9.17, 15) is 4.79 Å². The molecule has 1 aromatic carbocycles. The molecule has 4 aromatic rings. The maximum Gasteiger partial charge on any atom is 0.275 e. The van der Waals surface area contributed by atoms with Gasteiger partial charge in [0.05, 0.1) is 0 Å². The van der Waals surface area contributed by atoms with Crippen LogP contribution in [0.3, 0.4) is 0 Å². The molecule has 9 heteroatoms. The van der Waals surface area contributed by atoms with Crippen LogP contribution < -0.4 is 10.2 Å². The number of carbonyl (C=O) groups is 1. The smallest absolute Gasteiger partial charge is 0.275 e. The first-order valence-corrected chi connectivity index (χ1v) is 11.5. The maximum absolute atomic E-state index is 13.1. The van der Waals surface area contributed by atoms with Crippen LogP contribution in [0.1, 0.15) is 42.2 Å². The Hall–Kier alpha value is -3.20. The van der Waals surface area contributed by atoms with Gasteiger partial charge in [0.25, 0.3) is 5.91 Å². The van der Waals surface area contributed by atoms with Crippen LogP contribution in [0, 0.1) is 6.92 Å². The molecule has 1 saturated heterocycles. The van der Waals surface area contributed by atoms with Gasteiger partial charge in [-0.15, -0.1) is 5.10 Å². The van der Waals surface area contributed by atoms with Crippen molar-refractivity contribution in [1.29, 1.82) is 0 Å². The fourth-order valence-electron chi connectivity index (χ4n) is 3.93. The number of hydrogen-bond acceptors (Lipinski definition) is 6. The molecule has 0 bridgehead atoms. The molecule has 0 radical (unpaired) electrons. The number of fused-ring (bicyclic) bond motifs is 1. The second-order valence-electron chi connectivity index (χ2n) is 7.79. The van der Waals surface area contributed by atoms with Crippen LogP contribution in [0.2, 0.25) is 0 Å². The Morgan fingerprint density at radius 2 is 1.90 bits per heavy atom. The minimum absolute atomic E-state index is 0.220. The number of piperidine rings is 1. The Labute approximate surface area is 184 Å². The third kappa shape index (κ3) is 3.69. The van der Waals surface area contributed by atoms with Crippen LogP contribution in [0.5, 0.6) is 0 Å². The minimum atomic E-state index is -0.220. The highest BCUT2D eigenvalue weighted by atomic mass is 32.1. The standard InChI is InChI=1S/C22H25N7OS/c1-3-28-17(11-12-23-28)20(30)25-19-18(16-9-7-15(2)8-10-16)24-21-29(19)26-22(31-21)27-13-5-4-6-14-27/h7-12H,3-6,13-14H2,1-2H3,(H,25,30). The van der Waals surface area contributed by atoms with Crippen molar-refractivity contribution in [1.82, 2.24) is 24.4 Å². The number of aromatic nitrogens is 5. The van der Waals surface area contributed by atoms with Crippen LogP contribution in [-0.2, 0) is 6.54 Å². The van der Waals surface area contributed by atoms with E-state index in [4.69, 9.17) is 10.1 Å². The van der Waals surface area contributed by atoms with Crippen LogP contribution in [0.15, 0.2) is 36.5 Å². The minimum Gasteiger partial charge on any atom is -0.347 e. The Morgan fingerprint density at radius 3 is 2.65 bits per heavy atom. The number of anilines is 2. The molecular weight excluding hydrogens is 410 g/mol. The summed E-state index contributed by atoms with van der Waals surface area (Å²) in [4.78, 5) is 21.0. The van der Waals surface area contributed by atoms with Gasteiger partial charge >= 0.3 is 0 Å². The normalized spacial score (nSPS) is 14.3.